The third-order valence-corrected chi connectivity index (χ3v) is 14.7. The molecule has 0 aliphatic heterocycles. The molecule has 0 fully saturated rings. The van der Waals surface area contributed by atoms with E-state index in [4.69, 9.17) is 14.2 Å². The number of rotatable bonds is 55. The van der Waals surface area contributed by atoms with Crippen LogP contribution in [0.2, 0.25) is 0 Å². The van der Waals surface area contributed by atoms with Gasteiger partial charge in [-0.25, -0.2) is 0 Å². The van der Waals surface area contributed by atoms with Crippen LogP contribution in [0.5, 0.6) is 0 Å². The molecule has 0 saturated heterocycles. The third kappa shape index (κ3) is 52.1. The first kappa shape index (κ1) is 65.4. The molecule has 0 aliphatic carbocycles. The average molecular weight is 948 g/mol. The first-order valence-electron chi connectivity index (χ1n) is 30.3. The second-order valence-electron chi connectivity index (χ2n) is 21.5. The van der Waals surface area contributed by atoms with Crippen LogP contribution in [-0.4, -0.2) is 37.2 Å². The maximum absolute atomic E-state index is 12.9. The smallest absolute Gasteiger partial charge is 0.306 e. The lowest BCUT2D eigenvalue weighted by Crippen LogP contribution is -2.30. The summed E-state index contributed by atoms with van der Waals surface area (Å²) < 4.78 is 16.9. The van der Waals surface area contributed by atoms with Crippen LogP contribution < -0.4 is 0 Å². The number of carbonyl (C=O) groups excluding carboxylic acids is 3. The molecule has 3 atom stereocenters. The molecule has 6 nitrogen and oxygen atoms in total. The molecular formula is C61H118O6. The van der Waals surface area contributed by atoms with Gasteiger partial charge in [0, 0.05) is 19.3 Å². The molecule has 0 aromatic rings. The monoisotopic (exact) mass is 947 g/mol. The summed E-state index contributed by atoms with van der Waals surface area (Å²) in [5.41, 5.74) is 0. The van der Waals surface area contributed by atoms with Gasteiger partial charge < -0.3 is 14.2 Å². The van der Waals surface area contributed by atoms with Crippen LogP contribution in [-0.2, 0) is 28.6 Å². The molecule has 0 aromatic carbocycles. The van der Waals surface area contributed by atoms with Gasteiger partial charge in [-0.1, -0.05) is 304 Å². The topological polar surface area (TPSA) is 78.9 Å². The highest BCUT2D eigenvalue weighted by Crippen LogP contribution is 2.19. The standard InChI is InChI=1S/C61H118O6/c1-6-9-10-11-12-13-14-19-26-31-36-41-46-51-59(62)65-54-58(67-61(64)53-48-43-38-33-28-23-18-16-21-25-30-35-40-45-50-57(5)8-3)55-66-60(63)52-47-42-37-32-27-22-17-15-20-24-29-34-39-44-49-56(4)7-2/h56-58H,6-55H2,1-5H3/t56?,57?,58-/m0/s1. The Kier molecular flexibility index (Phi) is 52.5. The van der Waals surface area contributed by atoms with Crippen molar-refractivity contribution in [1.82, 2.24) is 0 Å². The summed E-state index contributed by atoms with van der Waals surface area (Å²) in [4.78, 5) is 38.2. The van der Waals surface area contributed by atoms with Gasteiger partial charge in [0.25, 0.3) is 0 Å². The van der Waals surface area contributed by atoms with E-state index in [0.29, 0.717) is 19.3 Å². The molecule has 0 radical (unpaired) electrons. The summed E-state index contributed by atoms with van der Waals surface area (Å²) >= 11 is 0. The molecule has 0 N–H and O–H groups in total. The third-order valence-electron chi connectivity index (χ3n) is 14.7. The number of hydrogen-bond donors (Lipinski definition) is 0. The molecular weight excluding hydrogens is 829 g/mol. The van der Waals surface area contributed by atoms with E-state index in [9.17, 15) is 14.4 Å². The molecule has 0 bridgehead atoms. The van der Waals surface area contributed by atoms with Crippen molar-refractivity contribution in [2.24, 2.45) is 11.8 Å². The quantitative estimate of drug-likeness (QED) is 0.0343. The van der Waals surface area contributed by atoms with E-state index in [1.54, 1.807) is 0 Å². The van der Waals surface area contributed by atoms with Gasteiger partial charge in [0.1, 0.15) is 13.2 Å². The predicted molar refractivity (Wildman–Crippen MR) is 289 cm³/mol. The Morgan fingerprint density at radius 1 is 0.299 bits per heavy atom. The maximum atomic E-state index is 12.9. The van der Waals surface area contributed by atoms with E-state index < -0.39 is 6.10 Å². The van der Waals surface area contributed by atoms with E-state index in [1.165, 1.54) is 231 Å². The molecule has 0 heterocycles. The Labute approximate surface area is 418 Å². The van der Waals surface area contributed by atoms with Crippen molar-refractivity contribution in [2.45, 2.75) is 349 Å². The Bertz CT molecular complexity index is 1030. The van der Waals surface area contributed by atoms with Crippen LogP contribution in [0.25, 0.3) is 0 Å². The lowest BCUT2D eigenvalue weighted by Gasteiger charge is -2.18. The van der Waals surface area contributed by atoms with Crippen LogP contribution in [0, 0.1) is 11.8 Å². The van der Waals surface area contributed by atoms with Crippen molar-refractivity contribution in [3.8, 4) is 0 Å². The Balaban J connectivity index is 4.29. The molecule has 2 unspecified atom stereocenters. The molecule has 0 saturated carbocycles. The first-order valence-corrected chi connectivity index (χ1v) is 30.3. The zero-order chi connectivity index (χ0) is 48.9. The lowest BCUT2D eigenvalue weighted by molar-refractivity contribution is -0.167. The Morgan fingerprint density at radius 3 is 0.776 bits per heavy atom. The van der Waals surface area contributed by atoms with Gasteiger partial charge in [-0.2, -0.15) is 0 Å². The van der Waals surface area contributed by atoms with Crippen LogP contribution in [0.15, 0.2) is 0 Å². The maximum Gasteiger partial charge on any atom is 0.306 e. The summed E-state index contributed by atoms with van der Waals surface area (Å²) in [6, 6.07) is 0. The van der Waals surface area contributed by atoms with Crippen molar-refractivity contribution in [3.63, 3.8) is 0 Å². The zero-order valence-electron chi connectivity index (χ0n) is 46.0. The molecule has 0 amide bonds. The molecule has 0 aromatic heterocycles. The van der Waals surface area contributed by atoms with Crippen molar-refractivity contribution >= 4 is 17.9 Å². The summed E-state index contributed by atoms with van der Waals surface area (Å²) in [6.45, 7) is 11.5. The Hall–Kier alpha value is -1.59. The lowest BCUT2D eigenvalue weighted by atomic mass is 9.99. The van der Waals surface area contributed by atoms with Gasteiger partial charge in [-0.3, -0.25) is 14.4 Å². The molecule has 0 spiro atoms. The van der Waals surface area contributed by atoms with E-state index in [2.05, 4.69) is 34.6 Å². The fraction of sp³-hybridized carbons (Fsp3) is 0.951. The summed E-state index contributed by atoms with van der Waals surface area (Å²) in [7, 11) is 0. The van der Waals surface area contributed by atoms with E-state index >= 15 is 0 Å². The SMILES string of the molecule is CCCCCCCCCCCCCCCC(=O)OC[C@@H](COC(=O)CCCCCCCCCCCCCCCCC(C)CC)OC(=O)CCCCCCCCCCCCCCCCC(C)CC. The average Bonchev–Trinajstić information content (AvgIpc) is 3.33. The van der Waals surface area contributed by atoms with Gasteiger partial charge in [0.15, 0.2) is 6.10 Å². The van der Waals surface area contributed by atoms with E-state index in [0.717, 1.165) is 69.6 Å². The van der Waals surface area contributed by atoms with Crippen molar-refractivity contribution in [2.75, 3.05) is 13.2 Å². The highest BCUT2D eigenvalue weighted by molar-refractivity contribution is 5.71. The number of unbranched alkanes of at least 4 members (excludes halogenated alkanes) is 38. The molecule has 6 heteroatoms. The van der Waals surface area contributed by atoms with Crippen LogP contribution in [0.1, 0.15) is 343 Å². The van der Waals surface area contributed by atoms with Crippen molar-refractivity contribution in [1.29, 1.82) is 0 Å². The van der Waals surface area contributed by atoms with Gasteiger partial charge in [0.05, 0.1) is 0 Å². The highest BCUT2D eigenvalue weighted by Gasteiger charge is 2.19. The summed E-state index contributed by atoms with van der Waals surface area (Å²) in [5.74, 6) is 0.955. The molecule has 0 rings (SSSR count). The van der Waals surface area contributed by atoms with Gasteiger partial charge in [-0.05, 0) is 31.1 Å². The van der Waals surface area contributed by atoms with E-state index in [-0.39, 0.29) is 31.1 Å². The van der Waals surface area contributed by atoms with Crippen molar-refractivity contribution in [3.05, 3.63) is 0 Å². The second kappa shape index (κ2) is 53.8. The predicted octanol–water partition coefficient (Wildman–Crippen LogP) is 20.0. The van der Waals surface area contributed by atoms with Gasteiger partial charge in [-0.15, -0.1) is 0 Å². The van der Waals surface area contributed by atoms with Gasteiger partial charge in [0.2, 0.25) is 0 Å². The number of esters is 3. The van der Waals surface area contributed by atoms with E-state index in [1.807, 2.05) is 0 Å². The van der Waals surface area contributed by atoms with Gasteiger partial charge >= 0.3 is 17.9 Å². The zero-order valence-corrected chi connectivity index (χ0v) is 46.0. The summed E-state index contributed by atoms with van der Waals surface area (Å²) in [6.07, 6.45) is 57.9. The van der Waals surface area contributed by atoms with Crippen LogP contribution in [0.4, 0.5) is 0 Å². The number of hydrogen-bond acceptors (Lipinski definition) is 6. The largest absolute Gasteiger partial charge is 0.462 e. The van der Waals surface area contributed by atoms with Crippen LogP contribution in [0.3, 0.4) is 0 Å². The molecule has 67 heavy (non-hydrogen) atoms. The molecule has 0 aliphatic rings. The fourth-order valence-corrected chi connectivity index (χ4v) is 9.34. The number of carbonyl (C=O) groups is 3. The van der Waals surface area contributed by atoms with Crippen LogP contribution >= 0.6 is 0 Å². The second-order valence-corrected chi connectivity index (χ2v) is 21.5. The summed E-state index contributed by atoms with van der Waals surface area (Å²) in [5, 5.41) is 0. The van der Waals surface area contributed by atoms with Crippen molar-refractivity contribution < 1.29 is 28.6 Å². The molecule has 398 valence electrons. The fourth-order valence-electron chi connectivity index (χ4n) is 9.34. The Morgan fingerprint density at radius 2 is 0.522 bits per heavy atom. The minimum atomic E-state index is -0.763. The normalized spacial score (nSPS) is 12.9. The minimum Gasteiger partial charge on any atom is -0.462 e. The minimum absolute atomic E-state index is 0.0623. The highest BCUT2D eigenvalue weighted by atomic mass is 16.6. The first-order chi connectivity index (χ1) is 32.8. The number of ether oxygens (including phenoxy) is 3.